The van der Waals surface area contributed by atoms with Gasteiger partial charge < -0.3 is 24.8 Å². The van der Waals surface area contributed by atoms with Crippen molar-refractivity contribution in [2.45, 2.75) is 25.3 Å². The Balaban J connectivity index is 1.95. The Morgan fingerprint density at radius 2 is 1.93 bits per heavy atom. The van der Waals surface area contributed by atoms with Gasteiger partial charge in [-0.15, -0.1) is 0 Å². The van der Waals surface area contributed by atoms with Gasteiger partial charge in [0.2, 0.25) is 11.2 Å². The maximum absolute atomic E-state index is 13.1. The summed E-state index contributed by atoms with van der Waals surface area (Å²) in [6.07, 6.45) is 1.94. The van der Waals surface area contributed by atoms with Gasteiger partial charge in [0.05, 0.1) is 10.4 Å². The molecule has 4 rings (SSSR count). The first kappa shape index (κ1) is 20.7. The Labute approximate surface area is 179 Å². The number of phenols is 1. The van der Waals surface area contributed by atoms with Crippen LogP contribution >= 0.6 is 11.6 Å². The molecule has 30 heavy (non-hydrogen) atoms. The second-order valence-electron chi connectivity index (χ2n) is 7.94. The zero-order valence-electron chi connectivity index (χ0n) is 17.0. The highest BCUT2D eigenvalue weighted by Crippen LogP contribution is 2.38. The molecule has 6 nitrogen and oxygen atoms in total. The monoisotopic (exact) mass is 428 g/mol. The third kappa shape index (κ3) is 3.78. The minimum Gasteiger partial charge on any atom is -0.506 e. The summed E-state index contributed by atoms with van der Waals surface area (Å²) in [6, 6.07) is 8.34. The third-order valence-electron chi connectivity index (χ3n) is 5.81. The Bertz CT molecular complexity index is 1150. The molecule has 0 atom stereocenters. The summed E-state index contributed by atoms with van der Waals surface area (Å²) in [5.74, 6) is -0.207. The fourth-order valence-corrected chi connectivity index (χ4v) is 4.33. The van der Waals surface area contributed by atoms with E-state index in [0.717, 1.165) is 37.1 Å². The Kier molecular flexibility index (Phi) is 5.73. The summed E-state index contributed by atoms with van der Waals surface area (Å²) in [5, 5.41) is 24.0. The highest BCUT2D eigenvalue weighted by Gasteiger charge is 2.25. The zero-order valence-corrected chi connectivity index (χ0v) is 17.8. The van der Waals surface area contributed by atoms with Crippen LogP contribution in [0.1, 0.15) is 29.9 Å². The molecule has 3 N–H and O–H groups in total. The third-order valence-corrected chi connectivity index (χ3v) is 6.11. The van der Waals surface area contributed by atoms with E-state index in [2.05, 4.69) is 23.3 Å². The van der Waals surface area contributed by atoms with Crippen LogP contribution in [0.4, 0.5) is 0 Å². The SMILES string of the molecule is CNCc1cc(C2CCN(C)CC2)c2oc(-c3ccc(O)c(Cl)c3)c(O)c(=O)c2c1. The Hall–Kier alpha value is -2.54. The number of aromatic hydroxyl groups is 2. The quantitative estimate of drug-likeness (QED) is 0.581. The summed E-state index contributed by atoms with van der Waals surface area (Å²) in [6.45, 7) is 2.57. The van der Waals surface area contributed by atoms with E-state index in [4.69, 9.17) is 16.0 Å². The predicted octanol–water partition coefficient (Wildman–Crippen LogP) is 4.05. The maximum atomic E-state index is 13.1. The molecular formula is C23H25ClN2O4. The molecule has 0 amide bonds. The standard InChI is InChI=1S/C23H25ClN2O4/c1-25-12-13-9-16(14-5-7-26(2)8-6-14)23-17(10-13)20(28)21(29)22(30-23)15-3-4-19(27)18(24)11-15/h3-4,9-11,14,25,27,29H,5-8,12H2,1-2H3. The number of rotatable bonds is 4. The van der Waals surface area contributed by atoms with Gasteiger partial charge in [0, 0.05) is 12.1 Å². The van der Waals surface area contributed by atoms with Crippen LogP contribution in [0.5, 0.6) is 11.5 Å². The van der Waals surface area contributed by atoms with Crippen molar-refractivity contribution in [3.05, 3.63) is 56.7 Å². The van der Waals surface area contributed by atoms with E-state index in [1.165, 1.54) is 12.1 Å². The van der Waals surface area contributed by atoms with Crippen LogP contribution in [0, 0.1) is 0 Å². The molecule has 1 fully saturated rings. The second-order valence-corrected chi connectivity index (χ2v) is 8.35. The van der Waals surface area contributed by atoms with E-state index in [9.17, 15) is 15.0 Å². The van der Waals surface area contributed by atoms with Crippen LogP contribution in [0.15, 0.2) is 39.5 Å². The minimum absolute atomic E-state index is 0.0601. The molecule has 0 saturated carbocycles. The first-order chi connectivity index (χ1) is 14.4. The van der Waals surface area contributed by atoms with E-state index in [1.54, 1.807) is 12.1 Å². The van der Waals surface area contributed by atoms with Crippen LogP contribution in [0.25, 0.3) is 22.3 Å². The van der Waals surface area contributed by atoms with Crippen molar-refractivity contribution in [3.63, 3.8) is 0 Å². The maximum Gasteiger partial charge on any atom is 0.235 e. The van der Waals surface area contributed by atoms with Gasteiger partial charge >= 0.3 is 0 Å². The lowest BCUT2D eigenvalue weighted by molar-refractivity contribution is 0.255. The smallest absolute Gasteiger partial charge is 0.235 e. The molecule has 1 aromatic heterocycles. The average molecular weight is 429 g/mol. The molecule has 0 aliphatic carbocycles. The number of likely N-dealkylation sites (tertiary alicyclic amines) is 1. The molecule has 0 bridgehead atoms. The van der Waals surface area contributed by atoms with Crippen molar-refractivity contribution in [2.75, 3.05) is 27.2 Å². The van der Waals surface area contributed by atoms with Crippen molar-refractivity contribution in [3.8, 4) is 22.8 Å². The van der Waals surface area contributed by atoms with Gasteiger partial charge in [-0.3, -0.25) is 4.79 Å². The second kappa shape index (κ2) is 8.30. The highest BCUT2D eigenvalue weighted by molar-refractivity contribution is 6.32. The first-order valence-corrected chi connectivity index (χ1v) is 10.4. The normalized spacial score (nSPS) is 15.7. The summed E-state index contributed by atoms with van der Waals surface area (Å²) in [7, 11) is 3.97. The van der Waals surface area contributed by atoms with Gasteiger partial charge in [0.25, 0.3) is 0 Å². The number of phenolic OH excluding ortho intramolecular Hbond substituents is 1. The van der Waals surface area contributed by atoms with Gasteiger partial charge in [-0.2, -0.15) is 0 Å². The fraction of sp³-hybridized carbons (Fsp3) is 0.348. The van der Waals surface area contributed by atoms with E-state index >= 15 is 0 Å². The van der Waals surface area contributed by atoms with Crippen LogP contribution < -0.4 is 10.7 Å². The molecule has 1 aliphatic rings. The zero-order chi connectivity index (χ0) is 21.4. The summed E-state index contributed by atoms with van der Waals surface area (Å²) in [5.41, 5.74) is 2.44. The van der Waals surface area contributed by atoms with Gasteiger partial charge in [-0.1, -0.05) is 17.7 Å². The van der Waals surface area contributed by atoms with Crippen molar-refractivity contribution in [1.82, 2.24) is 10.2 Å². The molecule has 2 heterocycles. The highest BCUT2D eigenvalue weighted by atomic mass is 35.5. The van der Waals surface area contributed by atoms with E-state index < -0.39 is 11.2 Å². The van der Waals surface area contributed by atoms with Gasteiger partial charge in [0.1, 0.15) is 11.3 Å². The number of benzene rings is 2. The number of hydrogen-bond acceptors (Lipinski definition) is 6. The molecule has 0 unspecified atom stereocenters. The molecule has 1 saturated heterocycles. The molecule has 0 spiro atoms. The van der Waals surface area contributed by atoms with Gasteiger partial charge in [-0.05, 0) is 81.3 Å². The molecule has 7 heteroatoms. The first-order valence-electron chi connectivity index (χ1n) is 10.0. The minimum atomic E-state index is -0.470. The van der Waals surface area contributed by atoms with E-state index in [-0.39, 0.29) is 22.5 Å². The topological polar surface area (TPSA) is 85.9 Å². The van der Waals surface area contributed by atoms with Gasteiger partial charge in [-0.25, -0.2) is 0 Å². The summed E-state index contributed by atoms with van der Waals surface area (Å²) < 4.78 is 6.17. The number of nitrogens with one attached hydrogen (secondary N) is 1. The number of piperidine rings is 1. The molecule has 3 aromatic rings. The molecule has 0 radical (unpaired) electrons. The Morgan fingerprint density at radius 1 is 1.20 bits per heavy atom. The van der Waals surface area contributed by atoms with Crippen LogP contribution in [0.3, 0.4) is 0 Å². The summed E-state index contributed by atoms with van der Waals surface area (Å²) >= 11 is 6.03. The van der Waals surface area contributed by atoms with Crippen LogP contribution in [0.2, 0.25) is 5.02 Å². The molecule has 2 aromatic carbocycles. The lowest BCUT2D eigenvalue weighted by atomic mass is 9.87. The van der Waals surface area contributed by atoms with E-state index in [1.807, 2.05) is 7.05 Å². The lowest BCUT2D eigenvalue weighted by Crippen LogP contribution is -2.29. The van der Waals surface area contributed by atoms with Crippen molar-refractivity contribution in [2.24, 2.45) is 0 Å². The lowest BCUT2D eigenvalue weighted by Gasteiger charge is -2.29. The number of nitrogens with zero attached hydrogens (tertiary/aromatic N) is 1. The van der Waals surface area contributed by atoms with Gasteiger partial charge in [0.15, 0.2) is 5.76 Å². The molecular weight excluding hydrogens is 404 g/mol. The van der Waals surface area contributed by atoms with E-state index in [0.29, 0.717) is 23.1 Å². The largest absolute Gasteiger partial charge is 0.506 e. The number of fused-ring (bicyclic) bond motifs is 1. The number of hydrogen-bond donors (Lipinski definition) is 3. The number of halogens is 1. The Morgan fingerprint density at radius 3 is 2.60 bits per heavy atom. The molecule has 158 valence electrons. The average Bonchev–Trinajstić information content (AvgIpc) is 2.73. The van der Waals surface area contributed by atoms with Crippen molar-refractivity contribution >= 4 is 22.6 Å². The van der Waals surface area contributed by atoms with Crippen LogP contribution in [-0.4, -0.2) is 42.3 Å². The summed E-state index contributed by atoms with van der Waals surface area (Å²) in [4.78, 5) is 15.4. The van der Waals surface area contributed by atoms with Crippen molar-refractivity contribution < 1.29 is 14.6 Å². The van der Waals surface area contributed by atoms with Crippen LogP contribution in [-0.2, 0) is 6.54 Å². The fourth-order valence-electron chi connectivity index (χ4n) is 4.15. The van der Waals surface area contributed by atoms with Crippen molar-refractivity contribution in [1.29, 1.82) is 0 Å². The predicted molar refractivity (Wildman–Crippen MR) is 118 cm³/mol. The molecule has 1 aliphatic heterocycles.